The lowest BCUT2D eigenvalue weighted by molar-refractivity contribution is 0.420. The predicted octanol–water partition coefficient (Wildman–Crippen LogP) is 3.78. The minimum absolute atomic E-state index is 0.760. The number of aromatic nitrogens is 2. The predicted molar refractivity (Wildman–Crippen MR) is 68.5 cm³/mol. The highest BCUT2D eigenvalue weighted by Gasteiger charge is 2.10. The van der Waals surface area contributed by atoms with Gasteiger partial charge in [-0.3, -0.25) is 0 Å². The molecule has 86 valence electrons. The average Bonchev–Trinajstić information content (AvgIpc) is 2.62. The van der Waals surface area contributed by atoms with Crippen LogP contribution in [-0.4, -0.2) is 9.55 Å². The maximum absolute atomic E-state index is 4.60. The number of hydrogen-bond donors (Lipinski definition) is 0. The highest BCUT2D eigenvalue weighted by atomic mass is 15.1. The number of aryl methyl sites for hydroxylation is 1. The summed E-state index contributed by atoms with van der Waals surface area (Å²) in [5.41, 5.74) is 2.39. The molecule has 16 heavy (non-hydrogen) atoms. The highest BCUT2D eigenvalue weighted by molar-refractivity contribution is 5.75. The van der Waals surface area contributed by atoms with Gasteiger partial charge in [-0.2, -0.15) is 0 Å². The zero-order valence-corrected chi connectivity index (χ0v) is 10.4. The van der Waals surface area contributed by atoms with Crippen LogP contribution in [0.5, 0.6) is 0 Å². The molecule has 2 aromatic rings. The van der Waals surface area contributed by atoms with Gasteiger partial charge in [0.25, 0.3) is 0 Å². The summed E-state index contributed by atoms with van der Waals surface area (Å²) < 4.78 is 2.35. The van der Waals surface area contributed by atoms with Crippen LogP contribution in [0.4, 0.5) is 0 Å². The third-order valence-corrected chi connectivity index (χ3v) is 3.44. The summed E-state index contributed by atoms with van der Waals surface area (Å²) in [6.45, 7) is 7.73. The molecule has 0 aliphatic rings. The van der Waals surface area contributed by atoms with Gasteiger partial charge < -0.3 is 4.57 Å². The lowest BCUT2D eigenvalue weighted by atomic mass is 10.0. The minimum atomic E-state index is 0.760. The van der Waals surface area contributed by atoms with Crippen LogP contribution in [0.25, 0.3) is 11.0 Å². The Bertz CT molecular complexity index is 467. The lowest BCUT2D eigenvalue weighted by Crippen LogP contribution is -2.10. The van der Waals surface area contributed by atoms with E-state index in [9.17, 15) is 0 Å². The van der Waals surface area contributed by atoms with Crippen molar-refractivity contribution in [2.45, 2.75) is 40.2 Å². The van der Waals surface area contributed by atoms with Crippen molar-refractivity contribution in [3.05, 3.63) is 30.1 Å². The van der Waals surface area contributed by atoms with Crippen LogP contribution in [-0.2, 0) is 6.54 Å². The van der Waals surface area contributed by atoms with Gasteiger partial charge in [-0.1, -0.05) is 38.8 Å². The SMILES string of the molecule is CCC(CC)Cn1c(C)nc2ccccc21. The van der Waals surface area contributed by atoms with Crippen molar-refractivity contribution in [1.82, 2.24) is 9.55 Å². The first kappa shape index (κ1) is 11.2. The summed E-state index contributed by atoms with van der Waals surface area (Å²) >= 11 is 0. The standard InChI is InChI=1S/C14H20N2/c1-4-12(5-2)10-16-11(3)15-13-8-6-7-9-14(13)16/h6-9,12H,4-5,10H2,1-3H3. The van der Waals surface area contributed by atoms with Gasteiger partial charge in [0, 0.05) is 6.54 Å². The minimum Gasteiger partial charge on any atom is -0.328 e. The van der Waals surface area contributed by atoms with E-state index in [1.54, 1.807) is 0 Å². The normalized spacial score (nSPS) is 11.5. The number of nitrogens with zero attached hydrogens (tertiary/aromatic N) is 2. The van der Waals surface area contributed by atoms with Crippen molar-refractivity contribution in [1.29, 1.82) is 0 Å². The second kappa shape index (κ2) is 4.69. The first-order valence-corrected chi connectivity index (χ1v) is 6.18. The summed E-state index contributed by atoms with van der Waals surface area (Å²) in [5.74, 6) is 1.89. The molecule has 0 aliphatic carbocycles. The van der Waals surface area contributed by atoms with E-state index >= 15 is 0 Å². The Labute approximate surface area is 97.3 Å². The van der Waals surface area contributed by atoms with E-state index in [0.717, 1.165) is 23.8 Å². The van der Waals surface area contributed by atoms with Crippen LogP contribution in [0.2, 0.25) is 0 Å². The van der Waals surface area contributed by atoms with Crippen molar-refractivity contribution in [3.8, 4) is 0 Å². The van der Waals surface area contributed by atoms with Gasteiger partial charge in [0.2, 0.25) is 0 Å². The molecule has 0 saturated carbocycles. The Kier molecular flexibility index (Phi) is 3.28. The molecule has 0 bridgehead atoms. The molecule has 2 rings (SSSR count). The molecule has 0 N–H and O–H groups in total. The molecule has 1 heterocycles. The topological polar surface area (TPSA) is 17.8 Å². The third kappa shape index (κ3) is 1.97. The maximum atomic E-state index is 4.60. The number of fused-ring (bicyclic) bond motifs is 1. The number of rotatable bonds is 4. The smallest absolute Gasteiger partial charge is 0.106 e. The van der Waals surface area contributed by atoms with Crippen LogP contribution in [0, 0.1) is 12.8 Å². The van der Waals surface area contributed by atoms with Gasteiger partial charge >= 0.3 is 0 Å². The van der Waals surface area contributed by atoms with Gasteiger partial charge in [0.1, 0.15) is 5.82 Å². The van der Waals surface area contributed by atoms with Crippen molar-refractivity contribution in [2.75, 3.05) is 0 Å². The van der Waals surface area contributed by atoms with E-state index in [2.05, 4.69) is 54.6 Å². The molecule has 2 heteroatoms. The van der Waals surface area contributed by atoms with Crippen LogP contribution >= 0.6 is 0 Å². The zero-order chi connectivity index (χ0) is 11.5. The van der Waals surface area contributed by atoms with Crippen LogP contribution in [0.15, 0.2) is 24.3 Å². The second-order valence-electron chi connectivity index (χ2n) is 4.44. The maximum Gasteiger partial charge on any atom is 0.106 e. The Hall–Kier alpha value is -1.31. The van der Waals surface area contributed by atoms with E-state index in [1.807, 2.05) is 0 Å². The number of imidazole rings is 1. The summed E-state index contributed by atoms with van der Waals surface area (Å²) in [4.78, 5) is 4.60. The average molecular weight is 216 g/mol. The van der Waals surface area contributed by atoms with Crippen molar-refractivity contribution in [2.24, 2.45) is 5.92 Å². The molecule has 0 radical (unpaired) electrons. The van der Waals surface area contributed by atoms with Gasteiger partial charge in [0.05, 0.1) is 11.0 Å². The molecule has 0 spiro atoms. The van der Waals surface area contributed by atoms with Gasteiger partial charge in [-0.15, -0.1) is 0 Å². The molecule has 0 unspecified atom stereocenters. The van der Waals surface area contributed by atoms with E-state index in [4.69, 9.17) is 0 Å². The summed E-state index contributed by atoms with van der Waals surface area (Å²) in [5, 5.41) is 0. The Morgan fingerprint density at radius 2 is 1.88 bits per heavy atom. The largest absolute Gasteiger partial charge is 0.328 e. The molecule has 2 nitrogen and oxygen atoms in total. The van der Waals surface area contributed by atoms with Crippen LogP contribution in [0.3, 0.4) is 0 Å². The van der Waals surface area contributed by atoms with Crippen molar-refractivity contribution >= 4 is 11.0 Å². The summed E-state index contributed by atoms with van der Waals surface area (Å²) in [6, 6.07) is 8.40. The van der Waals surface area contributed by atoms with Gasteiger partial charge in [-0.05, 0) is 25.0 Å². The molecule has 1 aromatic heterocycles. The molecular formula is C14H20N2. The fraction of sp³-hybridized carbons (Fsp3) is 0.500. The number of benzene rings is 1. The van der Waals surface area contributed by atoms with E-state index in [0.29, 0.717) is 0 Å². The lowest BCUT2D eigenvalue weighted by Gasteiger charge is -2.15. The van der Waals surface area contributed by atoms with Gasteiger partial charge in [0.15, 0.2) is 0 Å². The van der Waals surface area contributed by atoms with E-state index < -0.39 is 0 Å². The first-order chi connectivity index (χ1) is 7.76. The van der Waals surface area contributed by atoms with E-state index in [1.165, 1.54) is 18.4 Å². The highest BCUT2D eigenvalue weighted by Crippen LogP contribution is 2.19. The zero-order valence-electron chi connectivity index (χ0n) is 10.4. The fourth-order valence-corrected chi connectivity index (χ4v) is 2.23. The quantitative estimate of drug-likeness (QED) is 0.760. The Balaban J connectivity index is 2.39. The van der Waals surface area contributed by atoms with E-state index in [-0.39, 0.29) is 0 Å². The first-order valence-electron chi connectivity index (χ1n) is 6.18. The monoisotopic (exact) mass is 216 g/mol. The second-order valence-corrected chi connectivity index (χ2v) is 4.44. The van der Waals surface area contributed by atoms with Crippen LogP contribution < -0.4 is 0 Å². The molecular weight excluding hydrogens is 196 g/mol. The fourth-order valence-electron chi connectivity index (χ4n) is 2.23. The Morgan fingerprint density at radius 1 is 1.19 bits per heavy atom. The molecule has 0 fully saturated rings. The van der Waals surface area contributed by atoms with Crippen LogP contribution in [0.1, 0.15) is 32.5 Å². The Morgan fingerprint density at radius 3 is 2.56 bits per heavy atom. The van der Waals surface area contributed by atoms with Gasteiger partial charge in [-0.25, -0.2) is 4.98 Å². The summed E-state index contributed by atoms with van der Waals surface area (Å²) in [7, 11) is 0. The molecule has 0 aliphatic heterocycles. The number of para-hydroxylation sites is 2. The van der Waals surface area contributed by atoms with Crippen molar-refractivity contribution in [3.63, 3.8) is 0 Å². The molecule has 1 aromatic carbocycles. The third-order valence-electron chi connectivity index (χ3n) is 3.44. The molecule has 0 atom stereocenters. The van der Waals surface area contributed by atoms with Crippen molar-refractivity contribution < 1.29 is 0 Å². The summed E-state index contributed by atoms with van der Waals surface area (Å²) in [6.07, 6.45) is 2.48. The molecule has 0 amide bonds. The molecule has 0 saturated heterocycles. The number of hydrogen-bond acceptors (Lipinski definition) is 1.